The number of aliphatic hydroxyl groups is 2. The van der Waals surface area contributed by atoms with Crippen LogP contribution >= 0.6 is 0 Å². The fraction of sp³-hybridized carbons (Fsp3) is 0.938. The molecular formula is C65H127NO5. The van der Waals surface area contributed by atoms with Crippen molar-refractivity contribution in [3.8, 4) is 0 Å². The molecule has 0 aromatic heterocycles. The first-order valence-corrected chi connectivity index (χ1v) is 32.4. The number of rotatable bonds is 61. The first-order valence-electron chi connectivity index (χ1n) is 32.4. The maximum absolute atomic E-state index is 12.5. The Morgan fingerprint density at radius 2 is 0.662 bits per heavy atom. The van der Waals surface area contributed by atoms with E-state index in [4.69, 9.17) is 4.74 Å². The van der Waals surface area contributed by atoms with E-state index in [9.17, 15) is 19.8 Å². The molecule has 0 fully saturated rings. The van der Waals surface area contributed by atoms with Gasteiger partial charge in [0.25, 0.3) is 0 Å². The third-order valence-corrected chi connectivity index (χ3v) is 15.3. The molecule has 0 bridgehead atoms. The van der Waals surface area contributed by atoms with Crippen molar-refractivity contribution in [2.24, 2.45) is 0 Å². The monoisotopic (exact) mass is 1000 g/mol. The van der Waals surface area contributed by atoms with Crippen molar-refractivity contribution < 1.29 is 24.5 Å². The van der Waals surface area contributed by atoms with Crippen molar-refractivity contribution in [2.45, 2.75) is 379 Å². The summed E-state index contributed by atoms with van der Waals surface area (Å²) in [5, 5.41) is 23.4. The number of esters is 1. The van der Waals surface area contributed by atoms with E-state index in [1.165, 1.54) is 276 Å². The Labute approximate surface area is 444 Å². The quantitative estimate of drug-likeness (QED) is 0.0320. The lowest BCUT2D eigenvalue weighted by Gasteiger charge is -2.22. The van der Waals surface area contributed by atoms with Crippen LogP contribution in [-0.4, -0.2) is 47.4 Å². The first-order chi connectivity index (χ1) is 35.0. The molecule has 71 heavy (non-hydrogen) atoms. The van der Waals surface area contributed by atoms with E-state index in [1.807, 2.05) is 0 Å². The summed E-state index contributed by atoms with van der Waals surface area (Å²) in [5.74, 6) is -0.0703. The molecule has 0 spiro atoms. The van der Waals surface area contributed by atoms with Gasteiger partial charge in [0.15, 0.2) is 0 Å². The fourth-order valence-electron chi connectivity index (χ4n) is 10.3. The average molecular weight is 1000 g/mol. The molecule has 0 rings (SSSR count). The van der Waals surface area contributed by atoms with Gasteiger partial charge in [-0.1, -0.05) is 315 Å². The summed E-state index contributed by atoms with van der Waals surface area (Å²) in [6.45, 7) is 4.93. The van der Waals surface area contributed by atoms with Crippen LogP contribution in [0.15, 0.2) is 12.2 Å². The highest BCUT2D eigenvalue weighted by Gasteiger charge is 2.20. The minimum atomic E-state index is -0.680. The van der Waals surface area contributed by atoms with Crippen molar-refractivity contribution in [1.29, 1.82) is 0 Å². The Morgan fingerprint density at radius 1 is 0.380 bits per heavy atom. The van der Waals surface area contributed by atoms with Crippen LogP contribution in [0, 0.1) is 0 Å². The van der Waals surface area contributed by atoms with E-state index in [-0.39, 0.29) is 18.5 Å². The number of amides is 1. The zero-order valence-corrected chi connectivity index (χ0v) is 48.2. The molecule has 0 aliphatic rings. The van der Waals surface area contributed by atoms with Gasteiger partial charge in [0.2, 0.25) is 5.91 Å². The molecule has 0 aliphatic carbocycles. The van der Waals surface area contributed by atoms with Crippen molar-refractivity contribution in [3.05, 3.63) is 12.2 Å². The minimum absolute atomic E-state index is 0.0174. The van der Waals surface area contributed by atoms with E-state index in [0.29, 0.717) is 25.9 Å². The molecule has 1 amide bonds. The molecule has 2 atom stereocenters. The van der Waals surface area contributed by atoms with E-state index in [2.05, 4.69) is 31.3 Å². The molecule has 6 nitrogen and oxygen atoms in total. The number of unbranched alkanes of at least 4 members (excludes halogenated alkanes) is 48. The predicted molar refractivity (Wildman–Crippen MR) is 310 cm³/mol. The molecular weight excluding hydrogens is 875 g/mol. The number of aliphatic hydroxyl groups excluding tert-OH is 2. The van der Waals surface area contributed by atoms with Crippen molar-refractivity contribution in [3.63, 3.8) is 0 Å². The second kappa shape index (κ2) is 61.1. The maximum Gasteiger partial charge on any atom is 0.305 e. The highest BCUT2D eigenvalue weighted by atomic mass is 16.5. The Bertz CT molecular complexity index is 1060. The van der Waals surface area contributed by atoms with Crippen LogP contribution in [0.1, 0.15) is 367 Å². The van der Waals surface area contributed by atoms with E-state index in [1.54, 1.807) is 0 Å². The summed E-state index contributed by atoms with van der Waals surface area (Å²) >= 11 is 0. The lowest BCUT2D eigenvalue weighted by molar-refractivity contribution is -0.143. The van der Waals surface area contributed by atoms with Gasteiger partial charge in [-0.3, -0.25) is 9.59 Å². The second-order valence-electron chi connectivity index (χ2n) is 22.5. The Hall–Kier alpha value is -1.40. The van der Waals surface area contributed by atoms with Gasteiger partial charge in [0, 0.05) is 12.8 Å². The molecule has 0 heterocycles. The van der Waals surface area contributed by atoms with Gasteiger partial charge in [0.1, 0.15) is 0 Å². The molecule has 3 N–H and O–H groups in total. The zero-order valence-electron chi connectivity index (χ0n) is 48.2. The van der Waals surface area contributed by atoms with Crippen LogP contribution in [0.3, 0.4) is 0 Å². The summed E-state index contributed by atoms with van der Waals surface area (Å²) in [5.41, 5.74) is 0. The van der Waals surface area contributed by atoms with Crippen LogP contribution in [0.4, 0.5) is 0 Å². The smallest absolute Gasteiger partial charge is 0.305 e. The largest absolute Gasteiger partial charge is 0.466 e. The minimum Gasteiger partial charge on any atom is -0.466 e. The number of carbonyl (C=O) groups excluding carboxylic acids is 2. The van der Waals surface area contributed by atoms with Crippen LogP contribution < -0.4 is 5.32 Å². The first kappa shape index (κ1) is 69.6. The van der Waals surface area contributed by atoms with Gasteiger partial charge in [-0.2, -0.15) is 0 Å². The van der Waals surface area contributed by atoms with Crippen LogP contribution in [0.2, 0.25) is 0 Å². The van der Waals surface area contributed by atoms with E-state index >= 15 is 0 Å². The standard InChI is InChI=1S/C65H127NO5/c1-3-5-7-9-11-13-15-17-19-21-23-24-25-26-27-28-30-31-33-35-37-41-45-49-53-57-63(68)62(61-67)66-64(69)58-54-50-46-42-39-40-44-48-52-56-60-71-65(70)59-55-51-47-43-38-36-34-32-29-22-20-18-16-14-12-10-8-6-4-2/h18,20,62-63,67-68H,3-17,19,21-61H2,1-2H3,(H,66,69)/b20-18-. The second-order valence-corrected chi connectivity index (χ2v) is 22.5. The third kappa shape index (κ3) is 57.7. The summed E-state index contributed by atoms with van der Waals surface area (Å²) < 4.78 is 5.49. The molecule has 2 unspecified atom stereocenters. The fourth-order valence-corrected chi connectivity index (χ4v) is 10.3. The highest BCUT2D eigenvalue weighted by molar-refractivity contribution is 5.76. The number of hydrogen-bond donors (Lipinski definition) is 3. The number of hydrogen-bond acceptors (Lipinski definition) is 5. The van der Waals surface area contributed by atoms with Crippen molar-refractivity contribution in [1.82, 2.24) is 5.32 Å². The van der Waals surface area contributed by atoms with Crippen molar-refractivity contribution in [2.75, 3.05) is 13.2 Å². The normalized spacial score (nSPS) is 12.6. The predicted octanol–water partition coefficient (Wildman–Crippen LogP) is 20.4. The SMILES string of the molecule is CCCCCCCC/C=C\CCCCCCCCCCCC(=O)OCCCCCCCCCCCCC(=O)NC(CO)C(O)CCCCCCCCCCCCCCCCCCCCCCCCCCC. The lowest BCUT2D eigenvalue weighted by Crippen LogP contribution is -2.45. The summed E-state index contributed by atoms with van der Waals surface area (Å²) in [4.78, 5) is 24.6. The highest BCUT2D eigenvalue weighted by Crippen LogP contribution is 2.18. The van der Waals surface area contributed by atoms with Crippen molar-refractivity contribution >= 4 is 11.9 Å². The van der Waals surface area contributed by atoms with Gasteiger partial charge in [-0.25, -0.2) is 0 Å². The van der Waals surface area contributed by atoms with Gasteiger partial charge < -0.3 is 20.3 Å². The third-order valence-electron chi connectivity index (χ3n) is 15.3. The molecule has 6 heteroatoms. The topological polar surface area (TPSA) is 95.9 Å². The van der Waals surface area contributed by atoms with Gasteiger partial charge >= 0.3 is 5.97 Å². The summed E-state index contributed by atoms with van der Waals surface area (Å²) in [6, 6.07) is -0.559. The van der Waals surface area contributed by atoms with Gasteiger partial charge in [0.05, 0.1) is 25.4 Å². The Balaban J connectivity index is 3.43. The lowest BCUT2D eigenvalue weighted by atomic mass is 10.0. The van der Waals surface area contributed by atoms with Crippen LogP contribution in [0.5, 0.6) is 0 Å². The molecule has 0 saturated heterocycles. The molecule has 0 saturated carbocycles. The molecule has 422 valence electrons. The van der Waals surface area contributed by atoms with E-state index < -0.39 is 12.1 Å². The Morgan fingerprint density at radius 3 is 1.00 bits per heavy atom. The maximum atomic E-state index is 12.5. The van der Waals surface area contributed by atoms with Crippen LogP contribution in [-0.2, 0) is 14.3 Å². The molecule has 0 aromatic carbocycles. The van der Waals surface area contributed by atoms with Crippen LogP contribution in [0.25, 0.3) is 0 Å². The number of carbonyl (C=O) groups is 2. The molecule has 0 aromatic rings. The molecule has 0 radical (unpaired) electrons. The molecule has 0 aliphatic heterocycles. The van der Waals surface area contributed by atoms with E-state index in [0.717, 1.165) is 57.8 Å². The number of nitrogens with one attached hydrogen (secondary N) is 1. The average Bonchev–Trinajstić information content (AvgIpc) is 3.37. The van der Waals surface area contributed by atoms with Gasteiger partial charge in [-0.05, 0) is 51.4 Å². The van der Waals surface area contributed by atoms with Gasteiger partial charge in [-0.15, -0.1) is 0 Å². The summed E-state index contributed by atoms with van der Waals surface area (Å²) in [7, 11) is 0. The zero-order chi connectivity index (χ0) is 51.4. The number of ether oxygens (including phenoxy) is 1. The summed E-state index contributed by atoms with van der Waals surface area (Å²) in [6.07, 6.45) is 73.7. The number of allylic oxidation sites excluding steroid dienone is 2. The Kier molecular flexibility index (Phi) is 59.9.